The lowest BCUT2D eigenvalue weighted by Gasteiger charge is -2.36. The van der Waals surface area contributed by atoms with Gasteiger partial charge < -0.3 is 14.8 Å². The minimum Gasteiger partial charge on any atom is -0.490 e. The number of hydrogen-bond acceptors (Lipinski definition) is 3. The van der Waals surface area contributed by atoms with Crippen LogP contribution in [0.2, 0.25) is 0 Å². The van der Waals surface area contributed by atoms with Gasteiger partial charge in [-0.2, -0.15) is 13.2 Å². The number of benzene rings is 1. The molecule has 1 N–H and O–H groups in total. The highest BCUT2D eigenvalue weighted by molar-refractivity contribution is 5.38. The maximum absolute atomic E-state index is 12.7. The highest BCUT2D eigenvalue weighted by Crippen LogP contribution is 2.35. The van der Waals surface area contributed by atoms with Crippen LogP contribution >= 0.6 is 0 Å². The molecule has 3 unspecified atom stereocenters. The Labute approximate surface area is 122 Å². The molecule has 1 aliphatic heterocycles. The summed E-state index contributed by atoms with van der Waals surface area (Å²) in [5, 5.41) is 3.26. The van der Waals surface area contributed by atoms with Gasteiger partial charge in [0, 0.05) is 5.56 Å². The largest absolute Gasteiger partial charge is 0.490 e. The first-order valence-corrected chi connectivity index (χ1v) is 7.10. The number of alkyl halides is 3. The van der Waals surface area contributed by atoms with Crippen molar-refractivity contribution in [2.24, 2.45) is 0 Å². The second-order valence-electron chi connectivity index (χ2n) is 5.14. The Morgan fingerprint density at radius 2 is 2.10 bits per heavy atom. The van der Waals surface area contributed by atoms with Gasteiger partial charge in [0.1, 0.15) is 18.5 Å². The fraction of sp³-hybridized carbons (Fsp3) is 0.600. The summed E-state index contributed by atoms with van der Waals surface area (Å²) < 4.78 is 48.8. The Kier molecular flexibility index (Phi) is 5.11. The average molecular weight is 303 g/mol. The molecule has 0 saturated heterocycles. The third-order valence-electron chi connectivity index (χ3n) is 3.48. The van der Waals surface area contributed by atoms with Gasteiger partial charge in [-0.25, -0.2) is 0 Å². The molecule has 1 aromatic rings. The molecule has 21 heavy (non-hydrogen) atoms. The van der Waals surface area contributed by atoms with Crippen molar-refractivity contribution >= 4 is 0 Å². The molecule has 0 fully saturated rings. The zero-order valence-corrected chi connectivity index (χ0v) is 12.1. The monoisotopic (exact) mass is 303 g/mol. The van der Waals surface area contributed by atoms with Gasteiger partial charge in [-0.05, 0) is 26.0 Å². The normalized spacial score (nSPS) is 23.3. The van der Waals surface area contributed by atoms with Gasteiger partial charge in [0.05, 0.1) is 6.04 Å². The molecule has 3 atom stereocenters. The summed E-state index contributed by atoms with van der Waals surface area (Å²) in [6, 6.07) is 7.07. The third kappa shape index (κ3) is 3.89. The first-order valence-electron chi connectivity index (χ1n) is 7.10. The van der Waals surface area contributed by atoms with E-state index in [1.165, 1.54) is 0 Å². The zero-order chi connectivity index (χ0) is 15.5. The molecule has 1 aliphatic rings. The smallest absolute Gasteiger partial charge is 0.414 e. The SMILES string of the molecule is CCCNC1c2ccccc2OCC1OC(C)C(F)(F)F. The summed E-state index contributed by atoms with van der Waals surface area (Å²) in [7, 11) is 0. The zero-order valence-electron chi connectivity index (χ0n) is 12.1. The van der Waals surface area contributed by atoms with E-state index in [1.54, 1.807) is 0 Å². The summed E-state index contributed by atoms with van der Waals surface area (Å²) in [4.78, 5) is 0. The van der Waals surface area contributed by atoms with Crippen molar-refractivity contribution in [2.75, 3.05) is 13.2 Å². The van der Waals surface area contributed by atoms with E-state index in [4.69, 9.17) is 9.47 Å². The highest BCUT2D eigenvalue weighted by atomic mass is 19.4. The van der Waals surface area contributed by atoms with Crippen LogP contribution in [-0.4, -0.2) is 31.5 Å². The van der Waals surface area contributed by atoms with Crippen molar-refractivity contribution in [2.45, 2.75) is 44.7 Å². The summed E-state index contributed by atoms with van der Waals surface area (Å²) in [6.45, 7) is 3.85. The topological polar surface area (TPSA) is 30.5 Å². The predicted molar refractivity (Wildman–Crippen MR) is 73.4 cm³/mol. The van der Waals surface area contributed by atoms with E-state index in [1.807, 2.05) is 31.2 Å². The van der Waals surface area contributed by atoms with Gasteiger partial charge in [-0.3, -0.25) is 0 Å². The molecule has 2 rings (SSSR count). The minimum atomic E-state index is -4.37. The van der Waals surface area contributed by atoms with E-state index in [0.29, 0.717) is 12.3 Å². The molecule has 3 nitrogen and oxygen atoms in total. The Hall–Kier alpha value is -1.27. The molecule has 0 saturated carbocycles. The van der Waals surface area contributed by atoms with E-state index < -0.39 is 18.4 Å². The Balaban J connectivity index is 2.17. The minimum absolute atomic E-state index is 0.110. The first kappa shape index (κ1) is 16.1. The number of halogens is 3. The number of fused-ring (bicyclic) bond motifs is 1. The number of nitrogens with one attached hydrogen (secondary N) is 1. The summed E-state index contributed by atoms with van der Waals surface area (Å²) >= 11 is 0. The van der Waals surface area contributed by atoms with E-state index in [0.717, 1.165) is 18.9 Å². The van der Waals surface area contributed by atoms with Crippen LogP contribution in [0.1, 0.15) is 31.9 Å². The molecule has 0 radical (unpaired) electrons. The molecule has 118 valence electrons. The molecule has 0 spiro atoms. The summed E-state index contributed by atoms with van der Waals surface area (Å²) in [6.07, 6.45) is -5.96. The van der Waals surface area contributed by atoms with Crippen molar-refractivity contribution in [1.29, 1.82) is 0 Å². The van der Waals surface area contributed by atoms with E-state index >= 15 is 0 Å². The second kappa shape index (κ2) is 6.66. The second-order valence-corrected chi connectivity index (χ2v) is 5.14. The molecule has 6 heteroatoms. The molecule has 0 aliphatic carbocycles. The highest BCUT2D eigenvalue weighted by Gasteiger charge is 2.41. The van der Waals surface area contributed by atoms with Crippen LogP contribution in [0.15, 0.2) is 24.3 Å². The van der Waals surface area contributed by atoms with Gasteiger partial charge in [-0.15, -0.1) is 0 Å². The number of rotatable bonds is 5. The lowest BCUT2D eigenvalue weighted by atomic mass is 9.97. The van der Waals surface area contributed by atoms with Crippen LogP contribution in [0.5, 0.6) is 5.75 Å². The molecular weight excluding hydrogens is 283 g/mol. The fourth-order valence-corrected chi connectivity index (χ4v) is 2.34. The van der Waals surface area contributed by atoms with Crippen LogP contribution in [-0.2, 0) is 4.74 Å². The van der Waals surface area contributed by atoms with Gasteiger partial charge >= 0.3 is 6.18 Å². The van der Waals surface area contributed by atoms with Gasteiger partial charge in [0.25, 0.3) is 0 Å². The van der Waals surface area contributed by atoms with Crippen molar-refractivity contribution in [3.8, 4) is 5.75 Å². The van der Waals surface area contributed by atoms with Crippen molar-refractivity contribution < 1.29 is 22.6 Å². The molecule has 1 heterocycles. The Morgan fingerprint density at radius 1 is 1.38 bits per heavy atom. The molecule has 1 aromatic carbocycles. The maximum atomic E-state index is 12.7. The molecule has 0 bridgehead atoms. The number of hydrogen-bond donors (Lipinski definition) is 1. The van der Waals surface area contributed by atoms with Gasteiger partial charge in [0.15, 0.2) is 6.10 Å². The van der Waals surface area contributed by atoms with Crippen molar-refractivity contribution in [1.82, 2.24) is 5.32 Å². The van der Waals surface area contributed by atoms with Crippen LogP contribution in [0, 0.1) is 0 Å². The third-order valence-corrected chi connectivity index (χ3v) is 3.48. The Bertz CT molecular complexity index is 464. The maximum Gasteiger partial charge on any atom is 0.414 e. The predicted octanol–water partition coefficient (Wildman–Crippen LogP) is 3.46. The van der Waals surface area contributed by atoms with E-state index in [2.05, 4.69) is 5.32 Å². The number of ether oxygens (including phenoxy) is 2. The molecule has 0 aromatic heterocycles. The van der Waals surface area contributed by atoms with Crippen LogP contribution in [0.25, 0.3) is 0 Å². The van der Waals surface area contributed by atoms with Crippen molar-refractivity contribution in [3.63, 3.8) is 0 Å². The lowest BCUT2D eigenvalue weighted by molar-refractivity contribution is -0.233. The van der Waals surface area contributed by atoms with Crippen LogP contribution in [0.3, 0.4) is 0 Å². The van der Waals surface area contributed by atoms with Gasteiger partial charge in [-0.1, -0.05) is 25.1 Å². The lowest BCUT2D eigenvalue weighted by Crippen LogP contribution is -2.45. The van der Waals surface area contributed by atoms with E-state index in [9.17, 15) is 13.2 Å². The standard InChI is InChI=1S/C15H20F3NO2/c1-3-8-19-14-11-6-4-5-7-12(11)20-9-13(14)21-10(2)15(16,17)18/h4-7,10,13-14,19H,3,8-9H2,1-2H3. The van der Waals surface area contributed by atoms with Crippen molar-refractivity contribution in [3.05, 3.63) is 29.8 Å². The summed E-state index contributed by atoms with van der Waals surface area (Å²) in [5.74, 6) is 0.700. The van der Waals surface area contributed by atoms with Gasteiger partial charge in [0.2, 0.25) is 0 Å². The Morgan fingerprint density at radius 3 is 2.76 bits per heavy atom. The average Bonchev–Trinajstić information content (AvgIpc) is 2.45. The first-order chi connectivity index (χ1) is 9.93. The van der Waals surface area contributed by atoms with E-state index in [-0.39, 0.29) is 12.6 Å². The quantitative estimate of drug-likeness (QED) is 0.903. The summed E-state index contributed by atoms with van der Waals surface area (Å²) in [5.41, 5.74) is 0.844. The molecular formula is C15H20F3NO2. The van der Waals surface area contributed by atoms with Crippen LogP contribution < -0.4 is 10.1 Å². The van der Waals surface area contributed by atoms with Crippen LogP contribution in [0.4, 0.5) is 13.2 Å². The fourth-order valence-electron chi connectivity index (χ4n) is 2.34. The number of para-hydroxylation sites is 1. The molecule has 0 amide bonds.